The molecule has 1 heterocycles. The Labute approximate surface area is 132 Å². The van der Waals surface area contributed by atoms with Gasteiger partial charge in [0.1, 0.15) is 0 Å². The number of hydrogen-bond acceptors (Lipinski definition) is 4. The number of nitrogens with zero attached hydrogens (tertiary/aromatic N) is 2. The zero-order chi connectivity index (χ0) is 15.7. The van der Waals surface area contributed by atoms with Crippen LogP contribution >= 0.6 is 11.3 Å². The molecule has 1 amide bonds. The second-order valence-electron chi connectivity index (χ2n) is 5.26. The minimum atomic E-state index is -0.326. The predicted octanol–water partition coefficient (Wildman–Crippen LogP) is 2.74. The number of rotatable bonds is 4. The summed E-state index contributed by atoms with van der Waals surface area (Å²) < 4.78 is 7.97. The van der Waals surface area contributed by atoms with E-state index in [2.05, 4.69) is 4.99 Å². The molecule has 6 heteroatoms. The number of hydrogen-bond donors (Lipinski definition) is 0. The van der Waals surface area contributed by atoms with Crippen molar-refractivity contribution in [3.63, 3.8) is 0 Å². The van der Waals surface area contributed by atoms with Crippen LogP contribution in [0.3, 0.4) is 0 Å². The summed E-state index contributed by atoms with van der Waals surface area (Å²) >= 11 is 1.44. The summed E-state index contributed by atoms with van der Waals surface area (Å²) in [5.41, 5.74) is 1.52. The first-order valence-corrected chi connectivity index (χ1v) is 8.34. The number of ether oxygens (including phenoxy) is 1. The van der Waals surface area contributed by atoms with Crippen LogP contribution in [-0.4, -0.2) is 23.1 Å². The number of esters is 1. The summed E-state index contributed by atoms with van der Waals surface area (Å²) in [5, 5.41) is 0. The van der Waals surface area contributed by atoms with Crippen molar-refractivity contribution in [1.29, 1.82) is 0 Å². The summed E-state index contributed by atoms with van der Waals surface area (Å²) in [6.07, 6.45) is 1.90. The Balaban J connectivity index is 2.06. The molecule has 0 spiro atoms. The van der Waals surface area contributed by atoms with Gasteiger partial charge in [-0.3, -0.25) is 4.79 Å². The molecular weight excluding hydrogens is 300 g/mol. The van der Waals surface area contributed by atoms with E-state index in [1.807, 2.05) is 23.6 Å². The van der Waals surface area contributed by atoms with Gasteiger partial charge in [0.05, 0.1) is 22.4 Å². The SMILES string of the molecule is CCOC(=O)c1ccc2c(c1)sc(=NC(=O)C1CC1)n2CC. The van der Waals surface area contributed by atoms with Gasteiger partial charge in [0.15, 0.2) is 4.80 Å². The molecule has 0 bridgehead atoms. The van der Waals surface area contributed by atoms with Gasteiger partial charge < -0.3 is 9.30 Å². The quantitative estimate of drug-likeness (QED) is 0.814. The van der Waals surface area contributed by atoms with E-state index in [9.17, 15) is 9.59 Å². The van der Waals surface area contributed by atoms with Gasteiger partial charge in [0.25, 0.3) is 5.91 Å². The van der Waals surface area contributed by atoms with E-state index in [0.717, 1.165) is 29.6 Å². The Hall–Kier alpha value is -1.95. The Morgan fingerprint density at radius 3 is 2.77 bits per heavy atom. The number of amides is 1. The molecule has 0 N–H and O–H groups in total. The average molecular weight is 318 g/mol. The molecular formula is C16H18N2O3S. The van der Waals surface area contributed by atoms with E-state index in [-0.39, 0.29) is 17.8 Å². The van der Waals surface area contributed by atoms with Crippen molar-refractivity contribution in [2.24, 2.45) is 10.9 Å². The van der Waals surface area contributed by atoms with Crippen molar-refractivity contribution in [1.82, 2.24) is 4.57 Å². The van der Waals surface area contributed by atoms with E-state index in [4.69, 9.17) is 4.74 Å². The summed E-state index contributed by atoms with van der Waals surface area (Å²) in [6.45, 7) is 4.89. The molecule has 0 atom stereocenters. The maximum atomic E-state index is 11.9. The fraction of sp³-hybridized carbons (Fsp3) is 0.438. The maximum absolute atomic E-state index is 11.9. The molecule has 0 saturated heterocycles. The third-order valence-electron chi connectivity index (χ3n) is 3.64. The van der Waals surface area contributed by atoms with Crippen molar-refractivity contribution in [3.8, 4) is 0 Å². The molecule has 1 aromatic carbocycles. The van der Waals surface area contributed by atoms with Crippen LogP contribution in [0.4, 0.5) is 0 Å². The molecule has 1 aromatic heterocycles. The Kier molecular flexibility index (Phi) is 4.11. The second kappa shape index (κ2) is 6.04. The van der Waals surface area contributed by atoms with Gasteiger partial charge in [-0.05, 0) is 44.9 Å². The fourth-order valence-electron chi connectivity index (χ4n) is 2.32. The number of benzene rings is 1. The second-order valence-corrected chi connectivity index (χ2v) is 6.27. The van der Waals surface area contributed by atoms with Crippen LogP contribution in [0.5, 0.6) is 0 Å². The topological polar surface area (TPSA) is 60.7 Å². The third kappa shape index (κ3) is 2.83. The molecule has 2 aromatic rings. The number of fused-ring (bicyclic) bond motifs is 1. The molecule has 22 heavy (non-hydrogen) atoms. The van der Waals surface area contributed by atoms with Gasteiger partial charge in [-0.15, -0.1) is 0 Å². The number of carbonyl (C=O) groups excluding carboxylic acids is 2. The first-order valence-electron chi connectivity index (χ1n) is 7.53. The van der Waals surface area contributed by atoms with Gasteiger partial charge in [-0.2, -0.15) is 4.99 Å². The number of thiazole rings is 1. The van der Waals surface area contributed by atoms with Crippen molar-refractivity contribution >= 4 is 33.4 Å². The highest BCUT2D eigenvalue weighted by atomic mass is 32.1. The zero-order valence-corrected chi connectivity index (χ0v) is 13.5. The lowest BCUT2D eigenvalue weighted by molar-refractivity contribution is -0.119. The lowest BCUT2D eigenvalue weighted by atomic mass is 10.2. The zero-order valence-electron chi connectivity index (χ0n) is 12.7. The van der Waals surface area contributed by atoms with Crippen LogP contribution in [0.25, 0.3) is 10.2 Å². The van der Waals surface area contributed by atoms with Gasteiger partial charge in [0.2, 0.25) is 0 Å². The molecule has 3 rings (SSSR count). The third-order valence-corrected chi connectivity index (χ3v) is 4.68. The highest BCUT2D eigenvalue weighted by Gasteiger charge is 2.29. The van der Waals surface area contributed by atoms with Crippen molar-refractivity contribution in [3.05, 3.63) is 28.6 Å². The van der Waals surface area contributed by atoms with Gasteiger partial charge in [0, 0.05) is 12.5 Å². The van der Waals surface area contributed by atoms with Gasteiger partial charge in [-0.25, -0.2) is 4.79 Å². The molecule has 0 aliphatic heterocycles. The van der Waals surface area contributed by atoms with E-state index < -0.39 is 0 Å². The first-order chi connectivity index (χ1) is 10.6. The fourth-order valence-corrected chi connectivity index (χ4v) is 3.46. The molecule has 1 aliphatic rings. The number of aryl methyl sites for hydroxylation is 1. The lowest BCUT2D eigenvalue weighted by Gasteiger charge is -2.03. The van der Waals surface area contributed by atoms with Crippen molar-refractivity contribution < 1.29 is 14.3 Å². The van der Waals surface area contributed by atoms with Crippen LogP contribution in [0.2, 0.25) is 0 Å². The minimum Gasteiger partial charge on any atom is -0.462 e. The Morgan fingerprint density at radius 2 is 2.14 bits per heavy atom. The normalized spacial score (nSPS) is 15.3. The minimum absolute atomic E-state index is 0.0284. The van der Waals surface area contributed by atoms with Gasteiger partial charge >= 0.3 is 5.97 Å². The maximum Gasteiger partial charge on any atom is 0.338 e. The number of carbonyl (C=O) groups is 2. The van der Waals surface area contributed by atoms with Crippen LogP contribution in [-0.2, 0) is 16.1 Å². The molecule has 1 fully saturated rings. The van der Waals surface area contributed by atoms with E-state index in [0.29, 0.717) is 17.0 Å². The molecule has 0 radical (unpaired) electrons. The van der Waals surface area contributed by atoms with Crippen LogP contribution in [0.15, 0.2) is 23.2 Å². The average Bonchev–Trinajstić information content (AvgIpc) is 3.29. The summed E-state index contributed by atoms with van der Waals surface area (Å²) in [4.78, 5) is 28.7. The highest BCUT2D eigenvalue weighted by Crippen LogP contribution is 2.30. The van der Waals surface area contributed by atoms with E-state index in [1.165, 1.54) is 11.3 Å². The monoisotopic (exact) mass is 318 g/mol. The molecule has 0 unspecified atom stereocenters. The predicted molar refractivity (Wildman–Crippen MR) is 84.7 cm³/mol. The molecule has 116 valence electrons. The van der Waals surface area contributed by atoms with Crippen LogP contribution in [0, 0.1) is 5.92 Å². The summed E-state index contributed by atoms with van der Waals surface area (Å²) in [6, 6.07) is 5.46. The largest absolute Gasteiger partial charge is 0.462 e. The first kappa shape index (κ1) is 15.0. The molecule has 1 aliphatic carbocycles. The summed E-state index contributed by atoms with van der Waals surface area (Å²) in [5.74, 6) is -0.238. The number of aromatic nitrogens is 1. The van der Waals surface area contributed by atoms with Crippen molar-refractivity contribution in [2.75, 3.05) is 6.61 Å². The van der Waals surface area contributed by atoms with E-state index >= 15 is 0 Å². The van der Waals surface area contributed by atoms with Gasteiger partial charge in [-0.1, -0.05) is 11.3 Å². The van der Waals surface area contributed by atoms with Crippen LogP contribution in [0.1, 0.15) is 37.0 Å². The lowest BCUT2D eigenvalue weighted by Crippen LogP contribution is -2.16. The Bertz CT molecular complexity index is 799. The standard InChI is InChI=1S/C16H18N2O3S/c1-3-18-12-8-7-11(15(20)21-4-2)9-13(12)22-16(18)17-14(19)10-5-6-10/h7-10H,3-6H2,1-2H3. The van der Waals surface area contributed by atoms with Crippen molar-refractivity contribution in [2.45, 2.75) is 33.2 Å². The molecule has 1 saturated carbocycles. The highest BCUT2D eigenvalue weighted by molar-refractivity contribution is 7.16. The van der Waals surface area contributed by atoms with Crippen LogP contribution < -0.4 is 4.80 Å². The molecule has 5 nitrogen and oxygen atoms in total. The smallest absolute Gasteiger partial charge is 0.338 e. The Morgan fingerprint density at radius 1 is 1.36 bits per heavy atom. The summed E-state index contributed by atoms with van der Waals surface area (Å²) in [7, 11) is 0. The van der Waals surface area contributed by atoms with E-state index in [1.54, 1.807) is 13.0 Å².